The molecule has 1 atom stereocenters. The Kier molecular flexibility index (Phi) is 4.78. The van der Waals surface area contributed by atoms with Gasteiger partial charge in [0.2, 0.25) is 0 Å². The molecule has 0 bridgehead atoms. The number of hydrogen-bond donors (Lipinski definition) is 0. The fourth-order valence-corrected chi connectivity index (χ4v) is 3.11. The van der Waals surface area contributed by atoms with E-state index in [4.69, 9.17) is 20.9 Å². The largest absolute Gasteiger partial charge is 0.371 e. The maximum atomic E-state index is 5.96. The Morgan fingerprint density at radius 1 is 1.20 bits per heavy atom. The molecule has 6 heteroatoms. The molecule has 0 amide bonds. The number of nitrogens with zero attached hydrogens (tertiary/aromatic N) is 3. The van der Waals surface area contributed by atoms with Crippen LogP contribution in [-0.4, -0.2) is 34.7 Å². The second-order valence-electron chi connectivity index (χ2n) is 6.07. The second-order valence-corrected chi connectivity index (χ2v) is 6.50. The van der Waals surface area contributed by atoms with E-state index in [2.05, 4.69) is 15.0 Å². The molecule has 0 N–H and O–H groups in total. The van der Waals surface area contributed by atoms with E-state index in [9.17, 15) is 0 Å². The lowest BCUT2D eigenvalue weighted by molar-refractivity contribution is -0.0351. The Balaban J connectivity index is 1.42. The van der Waals surface area contributed by atoms with Crippen LogP contribution in [0.2, 0.25) is 5.02 Å². The molecule has 3 aromatic rings. The summed E-state index contributed by atoms with van der Waals surface area (Å²) >= 11 is 5.96. The van der Waals surface area contributed by atoms with Crippen molar-refractivity contribution in [2.24, 2.45) is 0 Å². The van der Waals surface area contributed by atoms with Crippen LogP contribution in [-0.2, 0) is 11.3 Å². The lowest BCUT2D eigenvalue weighted by Gasteiger charge is -2.32. The molecule has 0 unspecified atom stereocenters. The van der Waals surface area contributed by atoms with E-state index in [1.54, 1.807) is 12.4 Å². The van der Waals surface area contributed by atoms with Gasteiger partial charge in [0.25, 0.3) is 0 Å². The smallest absolute Gasteiger partial charge is 0.151 e. The average Bonchev–Trinajstić information content (AvgIpc) is 3.12. The van der Waals surface area contributed by atoms with Gasteiger partial charge in [-0.2, -0.15) is 0 Å². The molecule has 25 heavy (non-hydrogen) atoms. The normalized spacial score (nSPS) is 18.4. The van der Waals surface area contributed by atoms with Crippen molar-refractivity contribution in [2.75, 3.05) is 19.7 Å². The van der Waals surface area contributed by atoms with E-state index in [1.165, 1.54) is 0 Å². The maximum absolute atomic E-state index is 5.96. The van der Waals surface area contributed by atoms with Gasteiger partial charge in [0.15, 0.2) is 5.76 Å². The van der Waals surface area contributed by atoms with Gasteiger partial charge in [0.05, 0.1) is 19.3 Å². The molecule has 0 spiro atoms. The van der Waals surface area contributed by atoms with Crippen LogP contribution in [0.1, 0.15) is 17.4 Å². The van der Waals surface area contributed by atoms with Gasteiger partial charge in [-0.3, -0.25) is 9.88 Å². The first-order valence-corrected chi connectivity index (χ1v) is 8.61. The highest BCUT2D eigenvalue weighted by atomic mass is 35.5. The topological polar surface area (TPSA) is 51.4 Å². The number of benzene rings is 1. The summed E-state index contributed by atoms with van der Waals surface area (Å²) in [4.78, 5) is 6.43. The summed E-state index contributed by atoms with van der Waals surface area (Å²) in [6.45, 7) is 3.08. The summed E-state index contributed by atoms with van der Waals surface area (Å²) in [6, 6.07) is 13.7. The first-order valence-electron chi connectivity index (χ1n) is 8.23. The number of aromatic nitrogens is 2. The number of ether oxygens (including phenoxy) is 1. The molecule has 1 aromatic carbocycles. The Hall–Kier alpha value is -2.21. The van der Waals surface area contributed by atoms with Crippen molar-refractivity contribution in [3.63, 3.8) is 0 Å². The predicted octanol–water partition coefficient (Wildman–Crippen LogP) is 3.96. The Bertz CT molecular complexity index is 820. The van der Waals surface area contributed by atoms with Gasteiger partial charge in [-0.1, -0.05) is 28.9 Å². The standard InChI is InChI=1S/C19H18ClN3O2/c20-16-5-3-14(4-6-16)19-13-23(8-9-24-19)12-17-10-18(22-25-17)15-2-1-7-21-11-15/h1-7,10-11,19H,8-9,12-13H2/t19-/m1/s1. The highest BCUT2D eigenvalue weighted by Crippen LogP contribution is 2.25. The van der Waals surface area contributed by atoms with Crippen LogP contribution in [0.3, 0.4) is 0 Å². The van der Waals surface area contributed by atoms with Gasteiger partial charge in [0.1, 0.15) is 5.69 Å². The molecule has 4 rings (SSSR count). The molecule has 128 valence electrons. The van der Waals surface area contributed by atoms with Crippen LogP contribution >= 0.6 is 11.6 Å². The molecular weight excluding hydrogens is 338 g/mol. The third-order valence-electron chi connectivity index (χ3n) is 4.29. The SMILES string of the molecule is Clc1ccc([C@H]2CN(Cc3cc(-c4cccnc4)no3)CCO2)cc1. The summed E-state index contributed by atoms with van der Waals surface area (Å²) in [5.41, 5.74) is 2.91. The van der Waals surface area contributed by atoms with Crippen LogP contribution in [0.5, 0.6) is 0 Å². The second kappa shape index (κ2) is 7.35. The van der Waals surface area contributed by atoms with Gasteiger partial charge in [0, 0.05) is 42.1 Å². The van der Waals surface area contributed by atoms with E-state index >= 15 is 0 Å². The Morgan fingerprint density at radius 3 is 2.88 bits per heavy atom. The van der Waals surface area contributed by atoms with Crippen LogP contribution in [0.25, 0.3) is 11.3 Å². The van der Waals surface area contributed by atoms with Crippen LogP contribution in [0.4, 0.5) is 0 Å². The van der Waals surface area contributed by atoms with Crippen LogP contribution < -0.4 is 0 Å². The lowest BCUT2D eigenvalue weighted by atomic mass is 10.1. The number of hydrogen-bond acceptors (Lipinski definition) is 5. The predicted molar refractivity (Wildman–Crippen MR) is 95.2 cm³/mol. The van der Waals surface area contributed by atoms with Crippen molar-refractivity contribution in [3.8, 4) is 11.3 Å². The summed E-state index contributed by atoms with van der Waals surface area (Å²) in [5.74, 6) is 0.843. The zero-order valence-corrected chi connectivity index (χ0v) is 14.4. The quantitative estimate of drug-likeness (QED) is 0.709. The minimum atomic E-state index is 0.0479. The zero-order chi connectivity index (χ0) is 17.1. The maximum Gasteiger partial charge on any atom is 0.151 e. The van der Waals surface area contributed by atoms with Crippen molar-refractivity contribution < 1.29 is 9.26 Å². The van der Waals surface area contributed by atoms with Crippen molar-refractivity contribution in [1.82, 2.24) is 15.0 Å². The summed E-state index contributed by atoms with van der Waals surface area (Å²) in [6.07, 6.45) is 3.58. The van der Waals surface area contributed by atoms with Gasteiger partial charge in [-0.25, -0.2) is 0 Å². The van der Waals surface area contributed by atoms with Crippen molar-refractivity contribution in [3.05, 3.63) is 71.2 Å². The van der Waals surface area contributed by atoms with Crippen molar-refractivity contribution in [2.45, 2.75) is 12.6 Å². The first-order chi connectivity index (χ1) is 12.3. The number of rotatable bonds is 4. The Morgan fingerprint density at radius 2 is 2.08 bits per heavy atom. The van der Waals surface area contributed by atoms with E-state index in [0.29, 0.717) is 13.2 Å². The van der Waals surface area contributed by atoms with Gasteiger partial charge in [-0.15, -0.1) is 0 Å². The molecule has 5 nitrogen and oxygen atoms in total. The molecule has 0 aliphatic carbocycles. The van der Waals surface area contributed by atoms with Crippen molar-refractivity contribution >= 4 is 11.6 Å². The minimum absolute atomic E-state index is 0.0479. The summed E-state index contributed by atoms with van der Waals surface area (Å²) < 4.78 is 11.4. The monoisotopic (exact) mass is 355 g/mol. The van der Waals surface area contributed by atoms with E-state index in [-0.39, 0.29) is 6.10 Å². The average molecular weight is 356 g/mol. The molecule has 2 aromatic heterocycles. The molecule has 0 saturated carbocycles. The molecule has 1 aliphatic rings. The molecule has 1 saturated heterocycles. The highest BCUT2D eigenvalue weighted by Gasteiger charge is 2.23. The van der Waals surface area contributed by atoms with E-state index in [1.807, 2.05) is 42.5 Å². The summed E-state index contributed by atoms with van der Waals surface area (Å²) in [5, 5.41) is 4.89. The fraction of sp³-hybridized carbons (Fsp3) is 0.263. The van der Waals surface area contributed by atoms with Crippen LogP contribution in [0.15, 0.2) is 59.4 Å². The van der Waals surface area contributed by atoms with E-state index < -0.39 is 0 Å². The molecular formula is C19H18ClN3O2. The Labute approximate surface area is 151 Å². The third-order valence-corrected chi connectivity index (χ3v) is 4.54. The third kappa shape index (κ3) is 3.90. The van der Waals surface area contributed by atoms with Crippen LogP contribution in [0, 0.1) is 0 Å². The van der Waals surface area contributed by atoms with E-state index in [0.717, 1.165) is 40.7 Å². The zero-order valence-electron chi connectivity index (χ0n) is 13.6. The fourth-order valence-electron chi connectivity index (χ4n) is 2.98. The van der Waals surface area contributed by atoms with Crippen molar-refractivity contribution in [1.29, 1.82) is 0 Å². The molecule has 1 fully saturated rings. The van der Waals surface area contributed by atoms with Gasteiger partial charge >= 0.3 is 0 Å². The molecule has 1 aliphatic heterocycles. The highest BCUT2D eigenvalue weighted by molar-refractivity contribution is 6.30. The lowest BCUT2D eigenvalue weighted by Crippen LogP contribution is -2.37. The number of halogens is 1. The molecule has 0 radical (unpaired) electrons. The minimum Gasteiger partial charge on any atom is -0.371 e. The number of pyridine rings is 1. The van der Waals surface area contributed by atoms with Gasteiger partial charge < -0.3 is 9.26 Å². The summed E-state index contributed by atoms with van der Waals surface area (Å²) in [7, 11) is 0. The first kappa shape index (κ1) is 16.3. The number of morpholine rings is 1. The molecule has 3 heterocycles. The van der Waals surface area contributed by atoms with Gasteiger partial charge in [-0.05, 0) is 29.8 Å².